The molecule has 1 aromatic heterocycles. The quantitative estimate of drug-likeness (QED) is 0.837. The van der Waals surface area contributed by atoms with Crippen LogP contribution in [0.1, 0.15) is 11.6 Å². The van der Waals surface area contributed by atoms with Crippen molar-refractivity contribution in [2.24, 2.45) is 4.99 Å². The molecular weight excluding hydrogens is 314 g/mol. The largest absolute Gasteiger partial charge is 0.439 e. The number of halogens is 1. The Bertz CT molecular complexity index is 784. The Hall–Kier alpha value is -2.79. The number of carbonyl (C=O) groups is 1. The van der Waals surface area contributed by atoms with E-state index in [4.69, 9.17) is 16.3 Å². The van der Waals surface area contributed by atoms with E-state index < -0.39 is 6.09 Å². The molecule has 6 heteroatoms. The molecule has 1 aliphatic carbocycles. The van der Waals surface area contributed by atoms with Gasteiger partial charge in [0.1, 0.15) is 5.75 Å². The first-order chi connectivity index (χ1) is 11.2. The number of hydrogen-bond donors (Lipinski definition) is 0. The standard InChI is InChI=1S/C17H12ClN3O2/c18-13-3-1-4-15(11-13)23-17(22)20-14-8-6-12(7-9-14)16-5-2-10-19-21-16/h1-12H. The minimum Gasteiger partial charge on any atom is -0.409 e. The topological polar surface area (TPSA) is 64.4 Å². The smallest absolute Gasteiger partial charge is 0.409 e. The zero-order chi connectivity index (χ0) is 16.1. The number of carbonyl (C=O) groups excluding carboxylic acids is 1. The Labute approximate surface area is 138 Å². The summed E-state index contributed by atoms with van der Waals surface area (Å²) in [6.07, 6.45) is 8.22. The molecule has 0 N–H and O–H groups in total. The summed E-state index contributed by atoms with van der Waals surface area (Å²) in [6, 6.07) is 10.3. The molecule has 0 spiro atoms. The molecule has 1 heterocycles. The zero-order valence-electron chi connectivity index (χ0n) is 12.0. The number of hydrogen-bond acceptors (Lipinski definition) is 4. The third-order valence-corrected chi connectivity index (χ3v) is 3.34. The van der Waals surface area contributed by atoms with E-state index in [1.54, 1.807) is 42.6 Å². The van der Waals surface area contributed by atoms with Gasteiger partial charge in [-0.05, 0) is 42.5 Å². The maximum atomic E-state index is 11.8. The van der Waals surface area contributed by atoms with Gasteiger partial charge in [0.05, 0.1) is 11.4 Å². The number of aliphatic imine (C=N–C) groups is 1. The first-order valence-electron chi connectivity index (χ1n) is 6.91. The Morgan fingerprint density at radius 1 is 1.17 bits per heavy atom. The van der Waals surface area contributed by atoms with Crippen molar-refractivity contribution in [2.75, 3.05) is 0 Å². The van der Waals surface area contributed by atoms with Gasteiger partial charge in [0.2, 0.25) is 0 Å². The van der Waals surface area contributed by atoms with Crippen LogP contribution in [-0.2, 0) is 0 Å². The van der Waals surface area contributed by atoms with Crippen molar-refractivity contribution in [3.63, 3.8) is 0 Å². The van der Waals surface area contributed by atoms with Crippen LogP contribution in [0.15, 0.2) is 71.9 Å². The van der Waals surface area contributed by atoms with E-state index in [1.807, 2.05) is 24.3 Å². The zero-order valence-corrected chi connectivity index (χ0v) is 12.7. The molecule has 23 heavy (non-hydrogen) atoms. The van der Waals surface area contributed by atoms with Gasteiger partial charge in [-0.25, -0.2) is 4.79 Å². The van der Waals surface area contributed by atoms with Gasteiger partial charge in [-0.1, -0.05) is 29.8 Å². The fourth-order valence-corrected chi connectivity index (χ4v) is 2.23. The molecule has 114 valence electrons. The van der Waals surface area contributed by atoms with Crippen LogP contribution in [0.25, 0.3) is 0 Å². The summed E-state index contributed by atoms with van der Waals surface area (Å²) in [4.78, 5) is 15.7. The van der Waals surface area contributed by atoms with Crippen molar-refractivity contribution >= 4 is 23.4 Å². The predicted molar refractivity (Wildman–Crippen MR) is 88.0 cm³/mol. The number of nitrogens with zero attached hydrogens (tertiary/aromatic N) is 3. The molecule has 0 radical (unpaired) electrons. The van der Waals surface area contributed by atoms with E-state index in [0.717, 1.165) is 5.69 Å². The minimum absolute atomic E-state index is 0.0200. The summed E-state index contributed by atoms with van der Waals surface area (Å²) < 4.78 is 5.11. The van der Waals surface area contributed by atoms with Crippen LogP contribution in [-0.4, -0.2) is 22.0 Å². The van der Waals surface area contributed by atoms with E-state index in [9.17, 15) is 4.79 Å². The van der Waals surface area contributed by atoms with Crippen LogP contribution < -0.4 is 4.74 Å². The second-order valence-electron chi connectivity index (χ2n) is 4.75. The van der Waals surface area contributed by atoms with E-state index in [2.05, 4.69) is 15.2 Å². The van der Waals surface area contributed by atoms with Crippen LogP contribution in [0.4, 0.5) is 4.79 Å². The molecule has 0 bridgehead atoms. The van der Waals surface area contributed by atoms with Gasteiger partial charge in [-0.2, -0.15) is 15.2 Å². The minimum atomic E-state index is -0.700. The van der Waals surface area contributed by atoms with Crippen LogP contribution >= 0.6 is 11.6 Å². The van der Waals surface area contributed by atoms with Crippen molar-refractivity contribution < 1.29 is 9.53 Å². The predicted octanol–water partition coefficient (Wildman–Crippen LogP) is 3.98. The lowest BCUT2D eigenvalue weighted by molar-refractivity contribution is 0.211. The number of aromatic nitrogens is 2. The van der Waals surface area contributed by atoms with Gasteiger partial charge in [0.15, 0.2) is 0 Å². The molecule has 1 aliphatic rings. The van der Waals surface area contributed by atoms with Crippen LogP contribution in [0, 0.1) is 0 Å². The molecule has 2 aromatic rings. The highest BCUT2D eigenvalue weighted by atomic mass is 35.5. The summed E-state index contributed by atoms with van der Waals surface area (Å²) in [5.74, 6) is 0.375. The van der Waals surface area contributed by atoms with Crippen molar-refractivity contribution in [2.45, 2.75) is 5.92 Å². The summed E-state index contributed by atoms with van der Waals surface area (Å²) in [6.45, 7) is 0. The van der Waals surface area contributed by atoms with Gasteiger partial charge in [-0.3, -0.25) is 0 Å². The average Bonchev–Trinajstić information content (AvgIpc) is 2.56. The lowest BCUT2D eigenvalue weighted by Crippen LogP contribution is -2.08. The highest BCUT2D eigenvalue weighted by Crippen LogP contribution is 2.20. The van der Waals surface area contributed by atoms with E-state index >= 15 is 0 Å². The van der Waals surface area contributed by atoms with Gasteiger partial charge in [0, 0.05) is 17.1 Å². The Morgan fingerprint density at radius 2 is 2.00 bits per heavy atom. The lowest BCUT2D eigenvalue weighted by atomic mass is 9.99. The van der Waals surface area contributed by atoms with E-state index in [0.29, 0.717) is 16.5 Å². The molecule has 0 aliphatic heterocycles. The first-order valence-corrected chi connectivity index (χ1v) is 7.28. The fraction of sp³-hybridized carbons (Fsp3) is 0.0588. The number of rotatable bonds is 2. The van der Waals surface area contributed by atoms with Crippen molar-refractivity contribution in [3.05, 3.63) is 77.6 Å². The van der Waals surface area contributed by atoms with Gasteiger partial charge in [0.25, 0.3) is 0 Å². The molecule has 3 rings (SSSR count). The fourth-order valence-electron chi connectivity index (χ4n) is 2.05. The monoisotopic (exact) mass is 325 g/mol. The summed E-state index contributed by atoms with van der Waals surface area (Å²) in [5.41, 5.74) is 1.35. The molecule has 5 nitrogen and oxygen atoms in total. The lowest BCUT2D eigenvalue weighted by Gasteiger charge is -2.10. The van der Waals surface area contributed by atoms with Crippen LogP contribution in [0.5, 0.6) is 5.75 Å². The molecule has 0 atom stereocenters. The first kappa shape index (κ1) is 15.1. The molecule has 1 aromatic carbocycles. The second kappa shape index (κ2) is 6.98. The maximum absolute atomic E-state index is 11.8. The third-order valence-electron chi connectivity index (χ3n) is 3.10. The molecule has 0 saturated carbocycles. The molecule has 0 fully saturated rings. The number of allylic oxidation sites excluding steroid dienone is 4. The number of amides is 1. The molecule has 1 amide bonds. The van der Waals surface area contributed by atoms with E-state index in [-0.39, 0.29) is 5.92 Å². The highest BCUT2D eigenvalue weighted by Gasteiger charge is 2.11. The van der Waals surface area contributed by atoms with Crippen molar-refractivity contribution in [3.8, 4) is 5.75 Å². The van der Waals surface area contributed by atoms with Gasteiger partial charge in [-0.15, -0.1) is 0 Å². The second-order valence-corrected chi connectivity index (χ2v) is 5.19. The molecule has 0 unspecified atom stereocenters. The average molecular weight is 326 g/mol. The Morgan fingerprint density at radius 3 is 2.70 bits per heavy atom. The maximum Gasteiger partial charge on any atom is 0.439 e. The summed E-state index contributed by atoms with van der Waals surface area (Å²) in [7, 11) is 0. The normalized spacial score (nSPS) is 16.2. The Balaban J connectivity index is 1.66. The Kier molecular flexibility index (Phi) is 4.59. The van der Waals surface area contributed by atoms with Crippen molar-refractivity contribution in [1.29, 1.82) is 0 Å². The third kappa shape index (κ3) is 4.11. The molecule has 0 saturated heterocycles. The summed E-state index contributed by atoms with van der Waals surface area (Å²) >= 11 is 5.83. The van der Waals surface area contributed by atoms with Crippen LogP contribution in [0.3, 0.4) is 0 Å². The summed E-state index contributed by atoms with van der Waals surface area (Å²) in [5, 5.41) is 8.40. The van der Waals surface area contributed by atoms with Crippen LogP contribution in [0.2, 0.25) is 5.02 Å². The van der Waals surface area contributed by atoms with E-state index in [1.165, 1.54) is 0 Å². The highest BCUT2D eigenvalue weighted by molar-refractivity contribution is 6.30. The molecular formula is C17H12ClN3O2. The van der Waals surface area contributed by atoms with Gasteiger partial charge >= 0.3 is 6.09 Å². The number of benzene rings is 1. The number of ether oxygens (including phenoxy) is 1. The van der Waals surface area contributed by atoms with Gasteiger partial charge < -0.3 is 4.74 Å². The van der Waals surface area contributed by atoms with Crippen molar-refractivity contribution in [1.82, 2.24) is 10.2 Å². The SMILES string of the molecule is O=C(N=C1C=CC(c2cccnn2)C=C1)Oc1cccc(Cl)c1.